The van der Waals surface area contributed by atoms with Crippen molar-refractivity contribution in [3.05, 3.63) is 0 Å². The third kappa shape index (κ3) is 6.44. The maximum atomic E-state index is 11.9. The van der Waals surface area contributed by atoms with E-state index in [0.29, 0.717) is 6.42 Å². The van der Waals surface area contributed by atoms with E-state index in [1.54, 1.807) is 0 Å². The third-order valence-electron chi connectivity index (χ3n) is 3.46. The van der Waals surface area contributed by atoms with E-state index >= 15 is 0 Å². The molecule has 0 aromatic rings. The average molecular weight is 242 g/mol. The van der Waals surface area contributed by atoms with Gasteiger partial charge < -0.3 is 5.11 Å². The van der Waals surface area contributed by atoms with Crippen molar-refractivity contribution in [1.29, 1.82) is 0 Å². The van der Waals surface area contributed by atoms with Crippen molar-refractivity contribution >= 4 is 11.8 Å². The van der Waals surface area contributed by atoms with Gasteiger partial charge in [0.1, 0.15) is 5.78 Å². The molecule has 0 bridgehead atoms. The van der Waals surface area contributed by atoms with E-state index in [1.165, 1.54) is 0 Å². The number of hydrogen-bond donors (Lipinski definition) is 1. The summed E-state index contributed by atoms with van der Waals surface area (Å²) in [6.45, 7) is 7.96. The van der Waals surface area contributed by atoms with Crippen LogP contribution in [0.5, 0.6) is 0 Å². The van der Waals surface area contributed by atoms with Crippen LogP contribution >= 0.6 is 0 Å². The molecule has 0 aliphatic heterocycles. The van der Waals surface area contributed by atoms with Gasteiger partial charge in [-0.25, -0.2) is 0 Å². The number of carbonyl (C=O) groups excluding carboxylic acids is 1. The van der Waals surface area contributed by atoms with Gasteiger partial charge in [-0.05, 0) is 12.3 Å². The molecular formula is C14H26O3. The number of unbranched alkanes of at least 4 members (excludes halogenated alkanes) is 2. The summed E-state index contributed by atoms with van der Waals surface area (Å²) in [4.78, 5) is 22.9. The van der Waals surface area contributed by atoms with Crippen molar-refractivity contribution in [2.24, 2.45) is 17.8 Å². The van der Waals surface area contributed by atoms with Gasteiger partial charge in [-0.2, -0.15) is 0 Å². The van der Waals surface area contributed by atoms with E-state index in [0.717, 1.165) is 19.3 Å². The van der Waals surface area contributed by atoms with Crippen LogP contribution in [0.15, 0.2) is 0 Å². The first-order chi connectivity index (χ1) is 7.90. The Labute approximate surface area is 105 Å². The lowest BCUT2D eigenvalue weighted by atomic mass is 9.86. The highest BCUT2D eigenvalue weighted by molar-refractivity contribution is 5.85. The molecular weight excluding hydrogens is 216 g/mol. The first-order valence-corrected chi connectivity index (χ1v) is 6.65. The SMILES string of the molecule is CCCCC[C@H](CC(=O)[C@@H](C)C(C)C)C(=O)O. The fourth-order valence-corrected chi connectivity index (χ4v) is 1.75. The molecule has 0 rings (SSSR count). The number of ketones is 1. The number of carboxylic acids is 1. The second kappa shape index (κ2) is 8.26. The highest BCUT2D eigenvalue weighted by Crippen LogP contribution is 2.20. The summed E-state index contributed by atoms with van der Waals surface area (Å²) in [5.41, 5.74) is 0. The molecule has 0 saturated heterocycles. The standard InChI is InChI=1S/C14H26O3/c1-5-6-7-8-12(14(16)17)9-13(15)11(4)10(2)3/h10-12H,5-9H2,1-4H3,(H,16,17)/t11-,12+/m0/s1. The zero-order valence-corrected chi connectivity index (χ0v) is 11.5. The Balaban J connectivity index is 4.25. The van der Waals surface area contributed by atoms with Gasteiger partial charge in [0.05, 0.1) is 5.92 Å². The van der Waals surface area contributed by atoms with Crippen molar-refractivity contribution in [3.63, 3.8) is 0 Å². The summed E-state index contributed by atoms with van der Waals surface area (Å²) in [5, 5.41) is 9.09. The van der Waals surface area contributed by atoms with E-state index in [4.69, 9.17) is 5.11 Å². The topological polar surface area (TPSA) is 54.4 Å². The second-order valence-corrected chi connectivity index (χ2v) is 5.23. The Hall–Kier alpha value is -0.860. The predicted octanol–water partition coefficient (Wildman–Crippen LogP) is 3.52. The lowest BCUT2D eigenvalue weighted by Crippen LogP contribution is -2.24. The molecule has 0 spiro atoms. The van der Waals surface area contributed by atoms with Crippen LogP contribution in [-0.4, -0.2) is 16.9 Å². The number of aliphatic carboxylic acids is 1. The number of carboxylic acid groups (broad SMARTS) is 1. The highest BCUT2D eigenvalue weighted by atomic mass is 16.4. The van der Waals surface area contributed by atoms with E-state index in [2.05, 4.69) is 6.92 Å². The molecule has 1 N–H and O–H groups in total. The normalized spacial score (nSPS) is 14.6. The fraction of sp³-hybridized carbons (Fsp3) is 0.857. The lowest BCUT2D eigenvalue weighted by molar-refractivity contribution is -0.144. The van der Waals surface area contributed by atoms with E-state index in [9.17, 15) is 9.59 Å². The Bertz CT molecular complexity index is 246. The maximum Gasteiger partial charge on any atom is 0.306 e. The van der Waals surface area contributed by atoms with Crippen LogP contribution in [-0.2, 0) is 9.59 Å². The molecule has 2 atom stereocenters. The summed E-state index contributed by atoms with van der Waals surface area (Å²) < 4.78 is 0. The molecule has 0 radical (unpaired) electrons. The molecule has 0 aliphatic rings. The van der Waals surface area contributed by atoms with Crippen LogP contribution in [0.25, 0.3) is 0 Å². The van der Waals surface area contributed by atoms with Crippen molar-refractivity contribution in [3.8, 4) is 0 Å². The van der Waals surface area contributed by atoms with Gasteiger partial charge in [0.25, 0.3) is 0 Å². The van der Waals surface area contributed by atoms with Gasteiger partial charge in [-0.1, -0.05) is 47.0 Å². The molecule has 0 fully saturated rings. The van der Waals surface area contributed by atoms with Crippen LogP contribution in [0.1, 0.15) is 59.8 Å². The molecule has 0 saturated carbocycles. The first-order valence-electron chi connectivity index (χ1n) is 6.65. The van der Waals surface area contributed by atoms with Gasteiger partial charge in [-0.15, -0.1) is 0 Å². The fourth-order valence-electron chi connectivity index (χ4n) is 1.75. The summed E-state index contributed by atoms with van der Waals surface area (Å²) >= 11 is 0. The minimum atomic E-state index is -0.828. The Morgan fingerprint density at radius 3 is 2.12 bits per heavy atom. The molecule has 3 heteroatoms. The van der Waals surface area contributed by atoms with Gasteiger partial charge >= 0.3 is 5.97 Å². The number of hydrogen-bond acceptors (Lipinski definition) is 2. The Morgan fingerprint density at radius 1 is 1.12 bits per heavy atom. The van der Waals surface area contributed by atoms with Gasteiger partial charge in [0.15, 0.2) is 0 Å². The van der Waals surface area contributed by atoms with Crippen LogP contribution in [0.2, 0.25) is 0 Å². The molecule has 17 heavy (non-hydrogen) atoms. The largest absolute Gasteiger partial charge is 0.481 e. The molecule has 0 aromatic heterocycles. The Morgan fingerprint density at radius 2 is 1.71 bits per heavy atom. The van der Waals surface area contributed by atoms with E-state index in [-0.39, 0.29) is 24.0 Å². The zero-order valence-electron chi connectivity index (χ0n) is 11.5. The second-order valence-electron chi connectivity index (χ2n) is 5.23. The molecule has 3 nitrogen and oxygen atoms in total. The molecule has 0 amide bonds. The molecule has 100 valence electrons. The Kier molecular flexibility index (Phi) is 7.85. The van der Waals surface area contributed by atoms with Gasteiger partial charge in [0, 0.05) is 12.3 Å². The highest BCUT2D eigenvalue weighted by Gasteiger charge is 2.24. The third-order valence-corrected chi connectivity index (χ3v) is 3.46. The van der Waals surface area contributed by atoms with Gasteiger partial charge in [-0.3, -0.25) is 9.59 Å². The summed E-state index contributed by atoms with van der Waals surface area (Å²) in [6, 6.07) is 0. The van der Waals surface area contributed by atoms with Crippen molar-refractivity contribution in [2.75, 3.05) is 0 Å². The van der Waals surface area contributed by atoms with Crippen LogP contribution < -0.4 is 0 Å². The molecule has 0 unspecified atom stereocenters. The summed E-state index contributed by atoms with van der Waals surface area (Å²) in [6.07, 6.45) is 3.83. The van der Waals surface area contributed by atoms with Crippen LogP contribution in [0.4, 0.5) is 0 Å². The predicted molar refractivity (Wildman–Crippen MR) is 68.9 cm³/mol. The lowest BCUT2D eigenvalue weighted by Gasteiger charge is -2.17. The summed E-state index contributed by atoms with van der Waals surface area (Å²) in [5.74, 6) is -0.986. The summed E-state index contributed by atoms with van der Waals surface area (Å²) in [7, 11) is 0. The van der Waals surface area contributed by atoms with Crippen LogP contribution in [0.3, 0.4) is 0 Å². The monoisotopic (exact) mass is 242 g/mol. The van der Waals surface area contributed by atoms with Crippen molar-refractivity contribution in [1.82, 2.24) is 0 Å². The minimum absolute atomic E-state index is 0.0389. The zero-order chi connectivity index (χ0) is 13.4. The average Bonchev–Trinajstić information content (AvgIpc) is 2.26. The number of Topliss-reactive ketones (excluding diaryl/α,β-unsaturated/α-hetero) is 1. The van der Waals surface area contributed by atoms with Crippen molar-refractivity contribution in [2.45, 2.75) is 59.8 Å². The molecule has 0 heterocycles. The minimum Gasteiger partial charge on any atom is -0.481 e. The number of carbonyl (C=O) groups is 2. The molecule has 0 aromatic carbocycles. The maximum absolute atomic E-state index is 11.9. The van der Waals surface area contributed by atoms with Gasteiger partial charge in [0.2, 0.25) is 0 Å². The van der Waals surface area contributed by atoms with E-state index < -0.39 is 11.9 Å². The first kappa shape index (κ1) is 16.1. The number of rotatable bonds is 9. The van der Waals surface area contributed by atoms with Crippen molar-refractivity contribution < 1.29 is 14.7 Å². The quantitative estimate of drug-likeness (QED) is 0.629. The smallest absolute Gasteiger partial charge is 0.306 e. The van der Waals surface area contributed by atoms with E-state index in [1.807, 2.05) is 20.8 Å². The molecule has 0 aliphatic carbocycles. The van der Waals surface area contributed by atoms with Crippen LogP contribution in [0, 0.1) is 17.8 Å².